The number of carbonyl (C=O) groups is 1. The van der Waals surface area contributed by atoms with E-state index in [1.54, 1.807) is 25.1 Å². The zero-order valence-corrected chi connectivity index (χ0v) is 16.1. The average Bonchev–Trinajstić information content (AvgIpc) is 2.70. The van der Waals surface area contributed by atoms with Gasteiger partial charge in [0.1, 0.15) is 17.5 Å². The molecule has 1 atom stereocenters. The third-order valence-electron chi connectivity index (χ3n) is 4.58. The van der Waals surface area contributed by atoms with E-state index < -0.39 is 0 Å². The van der Waals surface area contributed by atoms with Crippen molar-refractivity contribution in [2.75, 3.05) is 5.32 Å². The third-order valence-corrected chi connectivity index (χ3v) is 4.58. The van der Waals surface area contributed by atoms with Crippen molar-refractivity contribution in [3.63, 3.8) is 0 Å². The van der Waals surface area contributed by atoms with Crippen molar-refractivity contribution < 1.29 is 9.53 Å². The summed E-state index contributed by atoms with van der Waals surface area (Å²) in [6.07, 6.45) is -0.0893. The summed E-state index contributed by atoms with van der Waals surface area (Å²) in [5, 5.41) is 5.79. The highest BCUT2D eigenvalue weighted by Crippen LogP contribution is 2.28. The first-order valence-electron chi connectivity index (χ1n) is 9.06. The van der Waals surface area contributed by atoms with Crippen molar-refractivity contribution in [3.05, 3.63) is 93.9 Å². The number of nitrogens with one attached hydrogen (secondary N) is 1. The fraction of sp³-hybridized carbons (Fsp3) is 0.174. The van der Waals surface area contributed by atoms with E-state index in [9.17, 15) is 9.70 Å². The lowest BCUT2D eigenvalue weighted by molar-refractivity contribution is 0.102. The average molecular weight is 374 g/mol. The second-order valence-electron chi connectivity index (χ2n) is 6.67. The normalized spacial score (nSPS) is 11.5. The minimum Gasteiger partial charge on any atom is -0.486 e. The number of rotatable bonds is 6. The van der Waals surface area contributed by atoms with Gasteiger partial charge in [-0.1, -0.05) is 42.5 Å². The molecule has 28 heavy (non-hydrogen) atoms. The predicted molar refractivity (Wildman–Crippen MR) is 111 cm³/mol. The number of nitroso groups, excluding NO2 is 1. The number of benzene rings is 3. The van der Waals surface area contributed by atoms with Crippen LogP contribution in [-0.2, 0) is 0 Å². The topological polar surface area (TPSA) is 67.8 Å². The molecule has 0 radical (unpaired) electrons. The Hall–Kier alpha value is -3.47. The molecule has 0 heterocycles. The van der Waals surface area contributed by atoms with Gasteiger partial charge in [-0.15, -0.1) is 4.91 Å². The molecule has 0 aromatic heterocycles. The van der Waals surface area contributed by atoms with Crippen LogP contribution in [0.25, 0.3) is 0 Å². The highest BCUT2D eigenvalue weighted by molar-refractivity contribution is 6.08. The molecule has 1 N–H and O–H groups in total. The molecular formula is C23H22N2O3. The fourth-order valence-electron chi connectivity index (χ4n) is 3.06. The Kier molecular flexibility index (Phi) is 5.84. The van der Waals surface area contributed by atoms with Crippen molar-refractivity contribution in [1.82, 2.24) is 0 Å². The van der Waals surface area contributed by atoms with Crippen LogP contribution in [0.5, 0.6) is 5.75 Å². The van der Waals surface area contributed by atoms with Crippen LogP contribution >= 0.6 is 0 Å². The van der Waals surface area contributed by atoms with Gasteiger partial charge in [-0.05, 0) is 66.9 Å². The molecule has 3 aromatic rings. The molecule has 0 saturated heterocycles. The molecule has 0 aliphatic carbocycles. The van der Waals surface area contributed by atoms with Gasteiger partial charge in [0.25, 0.3) is 5.91 Å². The SMILES string of the molecule is Cc1cc(NC(=O)c2c(C)cccc2N=O)ccc1OC(C)c1ccccc1. The predicted octanol–water partition coefficient (Wildman–Crippen LogP) is 6.09. The maximum atomic E-state index is 12.6. The lowest BCUT2D eigenvalue weighted by Gasteiger charge is -2.17. The fourth-order valence-corrected chi connectivity index (χ4v) is 3.06. The maximum absolute atomic E-state index is 12.6. The summed E-state index contributed by atoms with van der Waals surface area (Å²) in [5.41, 5.74) is 3.73. The van der Waals surface area contributed by atoms with Gasteiger partial charge in [0.15, 0.2) is 0 Å². The summed E-state index contributed by atoms with van der Waals surface area (Å²) in [6.45, 7) is 5.70. The number of ether oxygens (including phenoxy) is 1. The lowest BCUT2D eigenvalue weighted by atomic mass is 10.1. The summed E-state index contributed by atoms with van der Waals surface area (Å²) in [6, 6.07) is 20.4. The van der Waals surface area contributed by atoms with Crippen LogP contribution in [0.1, 0.15) is 40.1 Å². The number of amides is 1. The summed E-state index contributed by atoms with van der Waals surface area (Å²) in [4.78, 5) is 23.6. The van der Waals surface area contributed by atoms with E-state index in [2.05, 4.69) is 10.5 Å². The third kappa shape index (κ3) is 4.26. The molecule has 1 unspecified atom stereocenters. The van der Waals surface area contributed by atoms with Gasteiger partial charge in [0.05, 0.1) is 5.56 Å². The zero-order chi connectivity index (χ0) is 20.1. The molecule has 142 valence electrons. The molecule has 0 fully saturated rings. The number of nitrogens with zero attached hydrogens (tertiary/aromatic N) is 1. The van der Waals surface area contributed by atoms with Crippen molar-refractivity contribution >= 4 is 17.3 Å². The van der Waals surface area contributed by atoms with Gasteiger partial charge < -0.3 is 10.1 Å². The molecule has 5 heteroatoms. The second-order valence-corrected chi connectivity index (χ2v) is 6.67. The van der Waals surface area contributed by atoms with Crippen LogP contribution in [0.4, 0.5) is 11.4 Å². The van der Waals surface area contributed by atoms with Crippen molar-refractivity contribution in [1.29, 1.82) is 0 Å². The first kappa shape index (κ1) is 19.3. The summed E-state index contributed by atoms with van der Waals surface area (Å²) in [7, 11) is 0. The Labute approximate surface area is 164 Å². The van der Waals surface area contributed by atoms with Crippen LogP contribution in [-0.4, -0.2) is 5.91 Å². The van der Waals surface area contributed by atoms with E-state index in [1.807, 2.05) is 56.3 Å². The van der Waals surface area contributed by atoms with E-state index in [-0.39, 0.29) is 23.3 Å². The van der Waals surface area contributed by atoms with Crippen molar-refractivity contribution in [3.8, 4) is 5.75 Å². The van der Waals surface area contributed by atoms with Crippen LogP contribution in [0, 0.1) is 18.8 Å². The largest absolute Gasteiger partial charge is 0.486 e. The minimum atomic E-state index is -0.363. The Bertz CT molecular complexity index is 1000. The molecule has 5 nitrogen and oxygen atoms in total. The Balaban J connectivity index is 1.76. The molecule has 0 bridgehead atoms. The molecule has 0 spiro atoms. The van der Waals surface area contributed by atoms with E-state index in [0.29, 0.717) is 11.3 Å². The van der Waals surface area contributed by atoms with Crippen LogP contribution in [0.3, 0.4) is 0 Å². The van der Waals surface area contributed by atoms with Gasteiger partial charge in [0.2, 0.25) is 0 Å². The quantitative estimate of drug-likeness (QED) is 0.531. The highest BCUT2D eigenvalue weighted by Gasteiger charge is 2.16. The smallest absolute Gasteiger partial charge is 0.258 e. The van der Waals surface area contributed by atoms with E-state index in [4.69, 9.17) is 4.74 Å². The number of aryl methyl sites for hydroxylation is 2. The minimum absolute atomic E-state index is 0.0893. The van der Waals surface area contributed by atoms with Crippen LogP contribution in [0.2, 0.25) is 0 Å². The molecule has 3 rings (SSSR count). The Morgan fingerprint density at radius 3 is 2.39 bits per heavy atom. The first-order valence-corrected chi connectivity index (χ1v) is 9.06. The van der Waals surface area contributed by atoms with Gasteiger partial charge in [0, 0.05) is 5.69 Å². The molecule has 0 saturated carbocycles. The number of carbonyl (C=O) groups excluding carboxylic acids is 1. The summed E-state index contributed by atoms with van der Waals surface area (Å²) in [5.74, 6) is 0.388. The zero-order valence-electron chi connectivity index (χ0n) is 16.1. The molecule has 3 aromatic carbocycles. The maximum Gasteiger partial charge on any atom is 0.258 e. The van der Waals surface area contributed by atoms with Crippen molar-refractivity contribution in [2.45, 2.75) is 26.9 Å². The van der Waals surface area contributed by atoms with Crippen LogP contribution < -0.4 is 10.1 Å². The van der Waals surface area contributed by atoms with Gasteiger partial charge in [-0.25, -0.2) is 0 Å². The lowest BCUT2D eigenvalue weighted by Crippen LogP contribution is -2.14. The van der Waals surface area contributed by atoms with E-state index >= 15 is 0 Å². The number of hydrogen-bond acceptors (Lipinski definition) is 4. The number of anilines is 1. The van der Waals surface area contributed by atoms with Crippen LogP contribution in [0.15, 0.2) is 71.9 Å². The second kappa shape index (κ2) is 8.48. The molecule has 1 amide bonds. The molecular weight excluding hydrogens is 352 g/mol. The highest BCUT2D eigenvalue weighted by atomic mass is 16.5. The summed E-state index contributed by atoms with van der Waals surface area (Å²) < 4.78 is 6.06. The van der Waals surface area contributed by atoms with Gasteiger partial charge in [-0.3, -0.25) is 4.79 Å². The van der Waals surface area contributed by atoms with Gasteiger partial charge in [-0.2, -0.15) is 0 Å². The first-order chi connectivity index (χ1) is 13.5. The standard InChI is InChI=1S/C23H22N2O3/c1-15-8-7-11-20(25-27)22(15)23(26)24-19-12-13-21(16(2)14-19)28-17(3)18-9-5-4-6-10-18/h4-14,17H,1-3H3,(H,24,26). The van der Waals surface area contributed by atoms with E-state index in [0.717, 1.165) is 16.9 Å². The van der Waals surface area contributed by atoms with E-state index in [1.165, 1.54) is 6.07 Å². The van der Waals surface area contributed by atoms with Crippen molar-refractivity contribution in [2.24, 2.45) is 5.18 Å². The molecule has 0 aliphatic heterocycles. The summed E-state index contributed by atoms with van der Waals surface area (Å²) >= 11 is 0. The van der Waals surface area contributed by atoms with Gasteiger partial charge >= 0.3 is 0 Å². The molecule has 0 aliphatic rings. The number of hydrogen-bond donors (Lipinski definition) is 1. The Morgan fingerprint density at radius 1 is 0.964 bits per heavy atom. The Morgan fingerprint density at radius 2 is 1.71 bits per heavy atom. The monoisotopic (exact) mass is 374 g/mol.